The number of nitro benzene ring substituents is 1. The average molecular weight is 397 g/mol. The van der Waals surface area contributed by atoms with Gasteiger partial charge in [0.05, 0.1) is 4.92 Å². The average Bonchev–Trinajstić information content (AvgIpc) is 2.95. The molecule has 1 amide bonds. The third kappa shape index (κ3) is 4.52. The topological polar surface area (TPSA) is 84.7 Å². The molecule has 1 fully saturated rings. The zero-order chi connectivity index (χ0) is 20.1. The Labute approximate surface area is 167 Å². The van der Waals surface area contributed by atoms with Gasteiger partial charge in [0.2, 0.25) is 0 Å². The lowest BCUT2D eigenvalue weighted by Gasteiger charge is -2.11. The first-order valence-corrected chi connectivity index (χ1v) is 9.19. The second-order valence-corrected chi connectivity index (χ2v) is 6.62. The van der Waals surface area contributed by atoms with Crippen molar-refractivity contribution in [2.24, 2.45) is 0 Å². The van der Waals surface area contributed by atoms with Crippen LogP contribution in [0.3, 0.4) is 0 Å². The molecule has 1 aliphatic heterocycles. The van der Waals surface area contributed by atoms with Gasteiger partial charge in [0.1, 0.15) is 18.1 Å². The Balaban J connectivity index is 1.64. The minimum absolute atomic E-state index is 0.0341. The van der Waals surface area contributed by atoms with Crippen LogP contribution in [-0.2, 0) is 11.4 Å². The Morgan fingerprint density at radius 2 is 2.00 bits per heavy atom. The van der Waals surface area contributed by atoms with E-state index in [2.05, 4.69) is 5.32 Å². The molecule has 7 nitrogen and oxygen atoms in total. The minimum atomic E-state index is -0.433. The first kappa shape index (κ1) is 19.5. The number of ether oxygens (including phenoxy) is 1. The number of nitro groups is 1. The number of hydrogen-bond donors (Lipinski definition) is 1. The molecular formula is C20H19N3O4S. The van der Waals surface area contributed by atoms with Crippen molar-refractivity contribution in [1.82, 2.24) is 10.2 Å². The first-order chi connectivity index (χ1) is 13.5. The van der Waals surface area contributed by atoms with Gasteiger partial charge in [-0.1, -0.05) is 31.2 Å². The molecule has 0 aliphatic carbocycles. The van der Waals surface area contributed by atoms with Crippen molar-refractivity contribution >= 4 is 35.0 Å². The molecule has 0 unspecified atom stereocenters. The van der Waals surface area contributed by atoms with E-state index in [1.807, 2.05) is 19.1 Å². The largest absolute Gasteiger partial charge is 0.489 e. The zero-order valence-corrected chi connectivity index (χ0v) is 16.1. The van der Waals surface area contributed by atoms with Crippen molar-refractivity contribution in [3.8, 4) is 5.75 Å². The van der Waals surface area contributed by atoms with Crippen LogP contribution in [0.4, 0.5) is 5.69 Å². The summed E-state index contributed by atoms with van der Waals surface area (Å²) in [6.45, 7) is 2.80. The van der Waals surface area contributed by atoms with Crippen molar-refractivity contribution in [2.75, 3.05) is 6.54 Å². The molecule has 0 aromatic heterocycles. The molecule has 0 atom stereocenters. The van der Waals surface area contributed by atoms with Crippen LogP contribution in [0.1, 0.15) is 24.5 Å². The minimum Gasteiger partial charge on any atom is -0.489 e. The maximum absolute atomic E-state index is 12.3. The van der Waals surface area contributed by atoms with Crippen molar-refractivity contribution in [3.05, 3.63) is 75.5 Å². The normalized spacial score (nSPS) is 15.0. The summed E-state index contributed by atoms with van der Waals surface area (Å²) in [4.78, 5) is 24.3. The quantitative estimate of drug-likeness (QED) is 0.332. The van der Waals surface area contributed by atoms with Gasteiger partial charge in [-0.05, 0) is 48.0 Å². The number of non-ortho nitro benzene ring substituents is 1. The van der Waals surface area contributed by atoms with Crippen molar-refractivity contribution in [2.45, 2.75) is 20.0 Å². The van der Waals surface area contributed by atoms with Gasteiger partial charge in [-0.25, -0.2) is 0 Å². The van der Waals surface area contributed by atoms with Crippen molar-refractivity contribution in [3.63, 3.8) is 0 Å². The van der Waals surface area contributed by atoms with Crippen LogP contribution < -0.4 is 10.1 Å². The van der Waals surface area contributed by atoms with Crippen LogP contribution in [-0.4, -0.2) is 27.4 Å². The summed E-state index contributed by atoms with van der Waals surface area (Å²) < 4.78 is 5.68. The standard InChI is InChI=1S/C20H19N3O4S/c1-2-10-22-19(24)18(21-20(22)28)12-14-6-8-17(9-7-14)27-13-15-4-3-5-16(11-15)23(25)26/h3-9,11-12H,2,10,13H2,1H3,(H,21,28)/b18-12-. The SMILES string of the molecule is CCCN1C(=O)/C(=C/c2ccc(OCc3cccc([N+](=O)[O-])c3)cc2)NC1=S. The number of carbonyl (C=O) groups excluding carboxylic acids is 1. The fourth-order valence-corrected chi connectivity index (χ4v) is 3.04. The van der Waals surface area contributed by atoms with Gasteiger partial charge in [0, 0.05) is 18.7 Å². The highest BCUT2D eigenvalue weighted by Crippen LogP contribution is 2.19. The van der Waals surface area contributed by atoms with Gasteiger partial charge in [0.25, 0.3) is 11.6 Å². The van der Waals surface area contributed by atoms with E-state index in [1.54, 1.807) is 35.2 Å². The van der Waals surface area contributed by atoms with E-state index in [0.29, 0.717) is 28.7 Å². The molecule has 3 rings (SSSR count). The molecule has 0 saturated carbocycles. The van der Waals surface area contributed by atoms with E-state index in [4.69, 9.17) is 17.0 Å². The maximum atomic E-state index is 12.3. The van der Waals surface area contributed by atoms with E-state index in [0.717, 1.165) is 12.0 Å². The highest BCUT2D eigenvalue weighted by atomic mass is 32.1. The van der Waals surface area contributed by atoms with E-state index in [1.165, 1.54) is 12.1 Å². The second kappa shape index (κ2) is 8.62. The number of rotatable bonds is 7. The molecule has 2 aromatic rings. The second-order valence-electron chi connectivity index (χ2n) is 6.23. The van der Waals surface area contributed by atoms with Gasteiger partial charge in [-0.2, -0.15) is 0 Å². The number of thiocarbonyl (C=S) groups is 1. The predicted octanol–water partition coefficient (Wildman–Crippen LogP) is 3.64. The molecule has 1 aliphatic rings. The van der Waals surface area contributed by atoms with Crippen LogP contribution >= 0.6 is 12.2 Å². The highest BCUT2D eigenvalue weighted by molar-refractivity contribution is 7.80. The Kier molecular flexibility index (Phi) is 6.00. The van der Waals surface area contributed by atoms with E-state index < -0.39 is 4.92 Å². The Morgan fingerprint density at radius 3 is 2.68 bits per heavy atom. The van der Waals surface area contributed by atoms with Gasteiger partial charge < -0.3 is 10.1 Å². The van der Waals surface area contributed by atoms with Crippen molar-refractivity contribution in [1.29, 1.82) is 0 Å². The summed E-state index contributed by atoms with van der Waals surface area (Å²) in [6.07, 6.45) is 2.58. The zero-order valence-electron chi connectivity index (χ0n) is 15.3. The fourth-order valence-electron chi connectivity index (χ4n) is 2.75. The molecule has 0 spiro atoms. The first-order valence-electron chi connectivity index (χ1n) is 8.78. The molecule has 0 radical (unpaired) electrons. The Bertz CT molecular complexity index is 941. The Morgan fingerprint density at radius 1 is 1.25 bits per heavy atom. The summed E-state index contributed by atoms with van der Waals surface area (Å²) in [6, 6.07) is 13.6. The molecular weight excluding hydrogens is 378 g/mol. The lowest BCUT2D eigenvalue weighted by atomic mass is 10.2. The third-order valence-electron chi connectivity index (χ3n) is 4.13. The summed E-state index contributed by atoms with van der Waals surface area (Å²) in [5.74, 6) is 0.500. The molecule has 1 N–H and O–H groups in total. The molecule has 1 heterocycles. The predicted molar refractivity (Wildman–Crippen MR) is 110 cm³/mol. The number of carbonyl (C=O) groups is 1. The molecule has 1 saturated heterocycles. The number of nitrogens with one attached hydrogen (secondary N) is 1. The number of nitrogens with zero attached hydrogens (tertiary/aromatic N) is 2. The highest BCUT2D eigenvalue weighted by Gasteiger charge is 2.29. The number of amides is 1. The van der Waals surface area contributed by atoms with Crippen LogP contribution in [0.15, 0.2) is 54.2 Å². The van der Waals surface area contributed by atoms with Gasteiger partial charge in [-0.15, -0.1) is 0 Å². The molecule has 144 valence electrons. The van der Waals surface area contributed by atoms with E-state index >= 15 is 0 Å². The van der Waals surface area contributed by atoms with Gasteiger partial charge in [-0.3, -0.25) is 19.8 Å². The Hall–Kier alpha value is -3.26. The number of benzene rings is 2. The van der Waals surface area contributed by atoms with Gasteiger partial charge >= 0.3 is 0 Å². The lowest BCUT2D eigenvalue weighted by molar-refractivity contribution is -0.384. The maximum Gasteiger partial charge on any atom is 0.276 e. The molecule has 8 heteroatoms. The fraction of sp³-hybridized carbons (Fsp3) is 0.200. The van der Waals surface area contributed by atoms with Crippen LogP contribution in [0.5, 0.6) is 5.75 Å². The van der Waals surface area contributed by atoms with E-state index in [-0.39, 0.29) is 18.2 Å². The van der Waals surface area contributed by atoms with E-state index in [9.17, 15) is 14.9 Å². The molecule has 0 bridgehead atoms. The van der Waals surface area contributed by atoms with Crippen LogP contribution in [0.2, 0.25) is 0 Å². The summed E-state index contributed by atoms with van der Waals surface area (Å²) in [7, 11) is 0. The summed E-state index contributed by atoms with van der Waals surface area (Å²) in [5.41, 5.74) is 2.03. The monoisotopic (exact) mass is 397 g/mol. The summed E-state index contributed by atoms with van der Waals surface area (Å²) in [5, 5.41) is 14.2. The molecule has 2 aromatic carbocycles. The smallest absolute Gasteiger partial charge is 0.276 e. The lowest BCUT2D eigenvalue weighted by Crippen LogP contribution is -2.31. The van der Waals surface area contributed by atoms with Crippen LogP contribution in [0, 0.1) is 10.1 Å². The molecule has 28 heavy (non-hydrogen) atoms. The van der Waals surface area contributed by atoms with Gasteiger partial charge in [0.15, 0.2) is 5.11 Å². The van der Waals surface area contributed by atoms with Crippen LogP contribution in [0.25, 0.3) is 6.08 Å². The summed E-state index contributed by atoms with van der Waals surface area (Å²) >= 11 is 5.19. The number of hydrogen-bond acceptors (Lipinski definition) is 5. The van der Waals surface area contributed by atoms with Crippen molar-refractivity contribution < 1.29 is 14.5 Å². The third-order valence-corrected chi connectivity index (χ3v) is 4.45.